The van der Waals surface area contributed by atoms with Crippen LogP contribution in [0.5, 0.6) is 0 Å². The van der Waals surface area contributed by atoms with E-state index in [1.54, 1.807) is 0 Å². The van der Waals surface area contributed by atoms with Gasteiger partial charge in [0.2, 0.25) is 5.95 Å². The number of rotatable bonds is 3. The highest BCUT2D eigenvalue weighted by atomic mass is 15.2. The van der Waals surface area contributed by atoms with Gasteiger partial charge in [-0.2, -0.15) is 0 Å². The summed E-state index contributed by atoms with van der Waals surface area (Å²) in [5, 5.41) is 0. The fraction of sp³-hybridized carbons (Fsp3) is 0.692. The van der Waals surface area contributed by atoms with Crippen molar-refractivity contribution in [3.63, 3.8) is 0 Å². The summed E-state index contributed by atoms with van der Waals surface area (Å²) in [5.74, 6) is 1.58. The Morgan fingerprint density at radius 3 is 3.06 bits per heavy atom. The van der Waals surface area contributed by atoms with E-state index in [0.717, 1.165) is 24.1 Å². The molecular weight excluding hydrogens is 212 g/mol. The van der Waals surface area contributed by atoms with Crippen molar-refractivity contribution in [1.82, 2.24) is 14.9 Å². The van der Waals surface area contributed by atoms with Crippen LogP contribution in [-0.2, 0) is 0 Å². The Labute approximate surface area is 104 Å². The van der Waals surface area contributed by atoms with Gasteiger partial charge in [-0.3, -0.25) is 0 Å². The third-order valence-electron chi connectivity index (χ3n) is 3.38. The van der Waals surface area contributed by atoms with Crippen molar-refractivity contribution in [2.75, 3.05) is 38.6 Å². The van der Waals surface area contributed by atoms with Crippen LogP contribution in [0, 0.1) is 12.8 Å². The van der Waals surface area contributed by atoms with Gasteiger partial charge >= 0.3 is 0 Å². The lowest BCUT2D eigenvalue weighted by molar-refractivity contribution is 0.213. The molecule has 1 aromatic heterocycles. The Hall–Kier alpha value is -1.16. The molecule has 1 aliphatic rings. The topological polar surface area (TPSA) is 32.3 Å². The van der Waals surface area contributed by atoms with Crippen molar-refractivity contribution < 1.29 is 0 Å². The average Bonchev–Trinajstić information content (AvgIpc) is 2.29. The molecule has 0 spiro atoms. The van der Waals surface area contributed by atoms with E-state index < -0.39 is 0 Å². The maximum atomic E-state index is 4.46. The Bertz CT molecular complexity index is 366. The molecule has 0 aromatic carbocycles. The van der Waals surface area contributed by atoms with Crippen LogP contribution in [0.3, 0.4) is 0 Å². The van der Waals surface area contributed by atoms with Gasteiger partial charge in [0.15, 0.2) is 0 Å². The zero-order valence-corrected chi connectivity index (χ0v) is 11.1. The molecule has 0 N–H and O–H groups in total. The van der Waals surface area contributed by atoms with Crippen molar-refractivity contribution in [1.29, 1.82) is 0 Å². The number of piperidine rings is 1. The van der Waals surface area contributed by atoms with Gasteiger partial charge in [0.1, 0.15) is 0 Å². The molecule has 94 valence electrons. The minimum Gasteiger partial charge on any atom is -0.344 e. The highest BCUT2D eigenvalue weighted by Gasteiger charge is 2.19. The van der Waals surface area contributed by atoms with E-state index in [0.29, 0.717) is 0 Å². The molecule has 1 aliphatic heterocycles. The molecule has 0 saturated carbocycles. The van der Waals surface area contributed by atoms with Gasteiger partial charge in [-0.15, -0.1) is 0 Å². The summed E-state index contributed by atoms with van der Waals surface area (Å²) in [6.45, 7) is 5.48. The van der Waals surface area contributed by atoms with E-state index >= 15 is 0 Å². The molecule has 4 heteroatoms. The molecule has 0 amide bonds. The maximum Gasteiger partial charge on any atom is 0.225 e. The second-order valence-electron chi connectivity index (χ2n) is 5.15. The maximum absolute atomic E-state index is 4.46. The number of nitrogens with zero attached hydrogens (tertiary/aromatic N) is 4. The molecule has 2 rings (SSSR count). The van der Waals surface area contributed by atoms with Gasteiger partial charge in [0.25, 0.3) is 0 Å². The van der Waals surface area contributed by atoms with Gasteiger partial charge in [-0.25, -0.2) is 9.97 Å². The fourth-order valence-corrected chi connectivity index (χ4v) is 2.51. The van der Waals surface area contributed by atoms with Crippen LogP contribution < -0.4 is 4.90 Å². The molecule has 1 fully saturated rings. The largest absolute Gasteiger partial charge is 0.344 e. The summed E-state index contributed by atoms with van der Waals surface area (Å²) in [5.41, 5.74) is 1.03. The predicted octanol–water partition coefficient (Wildman–Crippen LogP) is 1.56. The van der Waals surface area contributed by atoms with Crippen LogP contribution in [0.4, 0.5) is 5.95 Å². The van der Waals surface area contributed by atoms with E-state index in [1.165, 1.54) is 25.9 Å². The van der Waals surface area contributed by atoms with Gasteiger partial charge in [-0.05, 0) is 45.3 Å². The van der Waals surface area contributed by atoms with E-state index in [1.807, 2.05) is 19.2 Å². The highest BCUT2D eigenvalue weighted by Crippen LogP contribution is 2.17. The van der Waals surface area contributed by atoms with Crippen LogP contribution in [0.15, 0.2) is 12.3 Å². The van der Waals surface area contributed by atoms with E-state index in [2.05, 4.69) is 33.9 Å². The van der Waals surface area contributed by atoms with Crippen LogP contribution >= 0.6 is 0 Å². The Balaban J connectivity index is 1.94. The van der Waals surface area contributed by atoms with Crippen LogP contribution in [0.2, 0.25) is 0 Å². The van der Waals surface area contributed by atoms with E-state index in [9.17, 15) is 0 Å². The molecule has 1 saturated heterocycles. The van der Waals surface area contributed by atoms with Crippen molar-refractivity contribution in [3.8, 4) is 0 Å². The number of likely N-dealkylation sites (tertiary alicyclic amines) is 1. The smallest absolute Gasteiger partial charge is 0.225 e. The zero-order chi connectivity index (χ0) is 12.3. The number of anilines is 1. The normalized spacial score (nSPS) is 21.5. The summed E-state index contributed by atoms with van der Waals surface area (Å²) in [7, 11) is 4.29. The molecule has 1 atom stereocenters. The van der Waals surface area contributed by atoms with Gasteiger partial charge in [0.05, 0.1) is 0 Å². The van der Waals surface area contributed by atoms with Crippen LogP contribution in [0.1, 0.15) is 18.5 Å². The number of hydrogen-bond acceptors (Lipinski definition) is 4. The first-order valence-electron chi connectivity index (χ1n) is 6.34. The fourth-order valence-electron chi connectivity index (χ4n) is 2.51. The molecular formula is C13H22N4. The van der Waals surface area contributed by atoms with Crippen molar-refractivity contribution in [2.45, 2.75) is 19.8 Å². The minimum atomic E-state index is 0.739. The quantitative estimate of drug-likeness (QED) is 0.794. The number of aryl methyl sites for hydroxylation is 1. The summed E-state index contributed by atoms with van der Waals surface area (Å²) < 4.78 is 0. The molecule has 4 nitrogen and oxygen atoms in total. The Morgan fingerprint density at radius 1 is 1.53 bits per heavy atom. The molecule has 1 aromatic rings. The van der Waals surface area contributed by atoms with Crippen molar-refractivity contribution >= 4 is 5.95 Å². The third-order valence-corrected chi connectivity index (χ3v) is 3.38. The van der Waals surface area contributed by atoms with Crippen molar-refractivity contribution in [3.05, 3.63) is 18.0 Å². The van der Waals surface area contributed by atoms with Crippen molar-refractivity contribution in [2.24, 2.45) is 5.92 Å². The SMILES string of the molecule is Cc1ccnc(N(C)CC2CCCN(C)C2)n1. The van der Waals surface area contributed by atoms with E-state index in [-0.39, 0.29) is 0 Å². The minimum absolute atomic E-state index is 0.739. The Kier molecular flexibility index (Phi) is 3.94. The molecule has 17 heavy (non-hydrogen) atoms. The Morgan fingerprint density at radius 2 is 2.35 bits per heavy atom. The monoisotopic (exact) mass is 234 g/mol. The van der Waals surface area contributed by atoms with Gasteiger partial charge in [-0.1, -0.05) is 0 Å². The molecule has 1 unspecified atom stereocenters. The second-order valence-corrected chi connectivity index (χ2v) is 5.15. The first kappa shape index (κ1) is 12.3. The molecule has 0 radical (unpaired) electrons. The molecule has 0 bridgehead atoms. The zero-order valence-electron chi connectivity index (χ0n) is 11.1. The second kappa shape index (κ2) is 5.45. The summed E-state index contributed by atoms with van der Waals surface area (Å²) in [4.78, 5) is 13.4. The predicted molar refractivity (Wildman–Crippen MR) is 70.3 cm³/mol. The van der Waals surface area contributed by atoms with Crippen LogP contribution in [-0.4, -0.2) is 48.6 Å². The lowest BCUT2D eigenvalue weighted by Gasteiger charge is -2.32. The van der Waals surface area contributed by atoms with Gasteiger partial charge in [0, 0.05) is 32.0 Å². The standard InChI is InChI=1S/C13H22N4/c1-11-6-7-14-13(15-11)17(3)10-12-5-4-8-16(2)9-12/h6-7,12H,4-5,8-10H2,1-3H3. The van der Waals surface area contributed by atoms with Crippen LogP contribution in [0.25, 0.3) is 0 Å². The lowest BCUT2D eigenvalue weighted by atomic mass is 9.98. The highest BCUT2D eigenvalue weighted by molar-refractivity contribution is 5.28. The first-order valence-corrected chi connectivity index (χ1v) is 6.34. The van der Waals surface area contributed by atoms with Gasteiger partial charge < -0.3 is 9.80 Å². The summed E-state index contributed by atoms with van der Waals surface area (Å²) in [6.07, 6.45) is 4.46. The molecule has 2 heterocycles. The first-order chi connectivity index (χ1) is 8.15. The lowest BCUT2D eigenvalue weighted by Crippen LogP contribution is -2.38. The average molecular weight is 234 g/mol. The number of hydrogen-bond donors (Lipinski definition) is 0. The third kappa shape index (κ3) is 3.40. The number of aromatic nitrogens is 2. The summed E-state index contributed by atoms with van der Waals surface area (Å²) >= 11 is 0. The summed E-state index contributed by atoms with van der Waals surface area (Å²) in [6, 6.07) is 1.94. The van der Waals surface area contributed by atoms with E-state index in [4.69, 9.17) is 0 Å². The molecule has 0 aliphatic carbocycles.